The minimum Gasteiger partial charge on any atom is -0.358 e. The van der Waals surface area contributed by atoms with Crippen molar-refractivity contribution in [3.63, 3.8) is 0 Å². The minimum atomic E-state index is -0.328. The van der Waals surface area contributed by atoms with Crippen molar-refractivity contribution < 1.29 is 4.79 Å². The summed E-state index contributed by atoms with van der Waals surface area (Å²) >= 11 is 6.69. The van der Waals surface area contributed by atoms with Crippen LogP contribution in [0.1, 0.15) is 50.8 Å². The average Bonchev–Trinajstić information content (AvgIpc) is 2.95. The Morgan fingerprint density at radius 3 is 2.39 bits per heavy atom. The molecule has 0 spiro atoms. The van der Waals surface area contributed by atoms with E-state index in [4.69, 9.17) is 12.2 Å². The molecular weight excluding hydrogens is 392 g/mol. The number of thioether (sulfide) groups is 1. The van der Waals surface area contributed by atoms with E-state index < -0.39 is 0 Å². The number of carbonyl (C=O) groups is 1. The maximum absolute atomic E-state index is 13.0. The van der Waals surface area contributed by atoms with E-state index in [-0.39, 0.29) is 23.1 Å². The molecular formula is C20H26N4O2S2. The highest BCUT2D eigenvalue weighted by molar-refractivity contribution is 8.26. The summed E-state index contributed by atoms with van der Waals surface area (Å²) in [6.45, 7) is 11.2. The van der Waals surface area contributed by atoms with Crippen LogP contribution in [0.2, 0.25) is 0 Å². The van der Waals surface area contributed by atoms with Gasteiger partial charge in [0.05, 0.1) is 4.91 Å². The van der Waals surface area contributed by atoms with Crippen molar-refractivity contribution >= 4 is 46.1 Å². The number of hydrogen-bond acceptors (Lipinski definition) is 6. The van der Waals surface area contributed by atoms with Gasteiger partial charge in [-0.15, -0.1) is 0 Å². The minimum absolute atomic E-state index is 0.0246. The molecule has 1 unspecified atom stereocenters. The molecule has 1 amide bonds. The molecule has 1 fully saturated rings. The number of anilines is 1. The van der Waals surface area contributed by atoms with Crippen molar-refractivity contribution in [1.82, 2.24) is 9.47 Å². The lowest BCUT2D eigenvalue weighted by atomic mass is 10.0. The van der Waals surface area contributed by atoms with Crippen molar-refractivity contribution in [1.29, 1.82) is 5.26 Å². The molecule has 8 heteroatoms. The lowest BCUT2D eigenvalue weighted by Crippen LogP contribution is -2.36. The molecule has 6 nitrogen and oxygen atoms in total. The monoisotopic (exact) mass is 418 g/mol. The first kappa shape index (κ1) is 22.2. The molecule has 1 aromatic heterocycles. The molecule has 1 aliphatic rings. The Hall–Kier alpha value is -2.11. The van der Waals surface area contributed by atoms with Crippen molar-refractivity contribution in [2.75, 3.05) is 18.0 Å². The van der Waals surface area contributed by atoms with E-state index in [1.807, 2.05) is 33.8 Å². The number of carbonyl (C=O) groups excluding carboxylic acids is 1. The Morgan fingerprint density at radius 2 is 1.89 bits per heavy atom. The van der Waals surface area contributed by atoms with Gasteiger partial charge < -0.3 is 4.90 Å². The average molecular weight is 419 g/mol. The third kappa shape index (κ3) is 3.74. The molecule has 2 rings (SSSR count). The van der Waals surface area contributed by atoms with E-state index in [0.29, 0.717) is 39.3 Å². The van der Waals surface area contributed by atoms with E-state index in [1.54, 1.807) is 24.9 Å². The van der Waals surface area contributed by atoms with E-state index in [1.165, 1.54) is 16.3 Å². The SMILES string of the molecule is CCC(C)N1C(=O)/C(=C/c2c(C)c(C#N)c(=O)n(C)c2N(CC)CC)SC1=S. The Labute approximate surface area is 175 Å². The molecule has 0 saturated carbocycles. The Morgan fingerprint density at radius 1 is 1.29 bits per heavy atom. The lowest BCUT2D eigenvalue weighted by molar-refractivity contribution is -0.123. The first-order valence-electron chi connectivity index (χ1n) is 9.38. The standard InChI is InChI=1S/C20H26N4O2S2/c1-7-12(4)24-19(26)16(28-20(24)27)10-14-13(5)15(11-21)18(25)22(6)17(14)23(8-2)9-3/h10,12H,7-9H2,1-6H3/b16-10-. The van der Waals surface area contributed by atoms with Crippen molar-refractivity contribution in [3.8, 4) is 6.07 Å². The second kappa shape index (κ2) is 8.93. The number of rotatable bonds is 6. The summed E-state index contributed by atoms with van der Waals surface area (Å²) in [5, 5.41) is 9.49. The zero-order chi connectivity index (χ0) is 21.2. The van der Waals surface area contributed by atoms with Crippen molar-refractivity contribution in [3.05, 3.63) is 31.9 Å². The lowest BCUT2D eigenvalue weighted by Gasteiger charge is -2.27. The molecule has 0 aliphatic carbocycles. The van der Waals surface area contributed by atoms with E-state index in [2.05, 4.69) is 4.90 Å². The van der Waals surface area contributed by atoms with Crippen LogP contribution in [0, 0.1) is 18.3 Å². The van der Waals surface area contributed by atoms with Crippen LogP contribution in [0.4, 0.5) is 5.82 Å². The van der Waals surface area contributed by atoms with Gasteiger partial charge in [0, 0.05) is 31.7 Å². The quantitative estimate of drug-likeness (QED) is 0.521. The third-order valence-electron chi connectivity index (χ3n) is 5.16. The van der Waals surface area contributed by atoms with Crippen LogP contribution >= 0.6 is 24.0 Å². The maximum atomic E-state index is 13.0. The van der Waals surface area contributed by atoms with Crippen molar-refractivity contribution in [2.24, 2.45) is 7.05 Å². The van der Waals surface area contributed by atoms with Crippen LogP contribution in [0.25, 0.3) is 6.08 Å². The summed E-state index contributed by atoms with van der Waals surface area (Å²) in [4.78, 5) is 29.8. The number of nitriles is 1. The predicted molar refractivity (Wildman–Crippen MR) is 119 cm³/mol. The first-order chi connectivity index (χ1) is 13.2. The number of hydrogen-bond donors (Lipinski definition) is 0. The van der Waals surface area contributed by atoms with Gasteiger partial charge in [0.25, 0.3) is 11.5 Å². The zero-order valence-electron chi connectivity index (χ0n) is 17.2. The second-order valence-corrected chi connectivity index (χ2v) is 8.37. The topological polar surface area (TPSA) is 69.3 Å². The number of aromatic nitrogens is 1. The molecule has 0 bridgehead atoms. The molecule has 1 atom stereocenters. The van der Waals surface area contributed by atoms with Gasteiger partial charge >= 0.3 is 0 Å². The normalized spacial score (nSPS) is 16.6. The summed E-state index contributed by atoms with van der Waals surface area (Å²) in [6, 6.07) is 2.04. The molecule has 28 heavy (non-hydrogen) atoms. The molecule has 2 heterocycles. The summed E-state index contributed by atoms with van der Waals surface area (Å²) in [5.74, 6) is 0.585. The number of thiocarbonyl (C=S) groups is 1. The predicted octanol–water partition coefficient (Wildman–Crippen LogP) is 3.41. The van der Waals surface area contributed by atoms with Gasteiger partial charge in [-0.05, 0) is 45.8 Å². The number of nitrogens with zero attached hydrogens (tertiary/aromatic N) is 4. The van der Waals surface area contributed by atoms with Crippen molar-refractivity contribution in [2.45, 2.75) is 47.1 Å². The largest absolute Gasteiger partial charge is 0.358 e. The third-order valence-corrected chi connectivity index (χ3v) is 6.49. The summed E-state index contributed by atoms with van der Waals surface area (Å²) < 4.78 is 2.04. The van der Waals surface area contributed by atoms with E-state index in [0.717, 1.165) is 6.42 Å². The highest BCUT2D eigenvalue weighted by atomic mass is 32.2. The summed E-state index contributed by atoms with van der Waals surface area (Å²) in [5.41, 5.74) is 1.07. The molecule has 150 valence electrons. The Balaban J connectivity index is 2.75. The number of amides is 1. The van der Waals surface area contributed by atoms with E-state index >= 15 is 0 Å². The Bertz CT molecular complexity index is 939. The fourth-order valence-electron chi connectivity index (χ4n) is 3.29. The van der Waals surface area contributed by atoms with Gasteiger partial charge in [0.1, 0.15) is 21.8 Å². The van der Waals surface area contributed by atoms with Gasteiger partial charge in [0.2, 0.25) is 0 Å². The molecule has 0 N–H and O–H groups in total. The zero-order valence-corrected chi connectivity index (χ0v) is 18.8. The summed E-state index contributed by atoms with van der Waals surface area (Å²) in [6.07, 6.45) is 2.59. The number of pyridine rings is 1. The molecule has 1 aliphatic heterocycles. The van der Waals surface area contributed by atoms with Gasteiger partial charge in [-0.25, -0.2) is 0 Å². The van der Waals surface area contributed by atoms with Crippen LogP contribution in [0.3, 0.4) is 0 Å². The fraction of sp³-hybridized carbons (Fsp3) is 0.500. The highest BCUT2D eigenvalue weighted by Gasteiger charge is 2.35. The van der Waals surface area contributed by atoms with Gasteiger partial charge in [-0.2, -0.15) is 5.26 Å². The fourth-order valence-corrected chi connectivity index (χ4v) is 4.73. The maximum Gasteiger partial charge on any atom is 0.270 e. The van der Waals surface area contributed by atoms with Crippen LogP contribution in [0.5, 0.6) is 0 Å². The van der Waals surface area contributed by atoms with Crippen LogP contribution in [0.15, 0.2) is 9.70 Å². The van der Waals surface area contributed by atoms with Crippen LogP contribution in [-0.2, 0) is 11.8 Å². The smallest absolute Gasteiger partial charge is 0.270 e. The Kier molecular flexibility index (Phi) is 7.07. The second-order valence-electron chi connectivity index (χ2n) is 6.69. The van der Waals surface area contributed by atoms with Gasteiger partial charge in [-0.3, -0.25) is 19.1 Å². The molecule has 0 radical (unpaired) electrons. The molecule has 0 aromatic carbocycles. The first-order valence-corrected chi connectivity index (χ1v) is 10.6. The van der Waals surface area contributed by atoms with Gasteiger partial charge in [-0.1, -0.05) is 30.9 Å². The molecule has 1 saturated heterocycles. The van der Waals surface area contributed by atoms with Crippen LogP contribution < -0.4 is 10.5 Å². The van der Waals surface area contributed by atoms with E-state index in [9.17, 15) is 14.9 Å². The molecule has 1 aromatic rings. The summed E-state index contributed by atoms with van der Waals surface area (Å²) in [7, 11) is 1.66. The van der Waals surface area contributed by atoms with Crippen LogP contribution in [-0.4, -0.2) is 38.8 Å². The van der Waals surface area contributed by atoms with Gasteiger partial charge in [0.15, 0.2) is 0 Å². The highest BCUT2D eigenvalue weighted by Crippen LogP contribution is 2.36.